The van der Waals surface area contributed by atoms with Gasteiger partial charge in [-0.1, -0.05) is 38.1 Å². The zero-order valence-electron chi connectivity index (χ0n) is 12.7. The van der Waals surface area contributed by atoms with E-state index in [0.717, 1.165) is 18.4 Å². The Morgan fingerprint density at radius 3 is 2.43 bits per heavy atom. The van der Waals surface area contributed by atoms with E-state index in [1.807, 2.05) is 13.1 Å². The first kappa shape index (κ1) is 16.2. The van der Waals surface area contributed by atoms with Gasteiger partial charge < -0.3 is 5.32 Å². The Balaban J connectivity index is 2.51. The van der Waals surface area contributed by atoms with E-state index in [4.69, 9.17) is 0 Å². The third-order valence-corrected chi connectivity index (χ3v) is 4.52. The van der Waals surface area contributed by atoms with E-state index in [2.05, 4.69) is 53.3 Å². The van der Waals surface area contributed by atoms with Gasteiger partial charge in [-0.2, -0.15) is 0 Å². The van der Waals surface area contributed by atoms with Crippen molar-refractivity contribution in [1.82, 2.24) is 5.32 Å². The van der Waals surface area contributed by atoms with Crippen LogP contribution in [0.25, 0.3) is 0 Å². The first-order valence-electron chi connectivity index (χ1n) is 7.34. The summed E-state index contributed by atoms with van der Waals surface area (Å²) in [5.74, 6) is -0.225. The van der Waals surface area contributed by atoms with Gasteiger partial charge >= 0.3 is 0 Å². The number of nitrogens with one attached hydrogen (secondary N) is 1. The second kappa shape index (κ2) is 7.19. The maximum Gasteiger partial charge on any atom is 0.137 e. The number of hydrogen-bond acceptors (Lipinski definition) is 1. The molecular weight excluding hydrogens is 329 g/mol. The molecule has 21 heavy (non-hydrogen) atoms. The van der Waals surface area contributed by atoms with Gasteiger partial charge in [0, 0.05) is 0 Å². The zero-order valence-corrected chi connectivity index (χ0v) is 14.3. The molecule has 2 aromatic rings. The molecule has 2 aromatic carbocycles. The van der Waals surface area contributed by atoms with Gasteiger partial charge in [0.05, 0.1) is 10.5 Å². The molecule has 0 spiro atoms. The summed E-state index contributed by atoms with van der Waals surface area (Å²) >= 11 is 3.21. The lowest BCUT2D eigenvalue weighted by atomic mass is 9.91. The highest BCUT2D eigenvalue weighted by Gasteiger charge is 2.17. The van der Waals surface area contributed by atoms with E-state index >= 15 is 0 Å². The molecule has 0 aromatic heterocycles. The molecule has 0 fully saturated rings. The highest BCUT2D eigenvalue weighted by atomic mass is 79.9. The molecule has 0 aliphatic heterocycles. The van der Waals surface area contributed by atoms with Crippen molar-refractivity contribution < 1.29 is 4.39 Å². The van der Waals surface area contributed by atoms with Crippen LogP contribution in [0.5, 0.6) is 0 Å². The van der Waals surface area contributed by atoms with Gasteiger partial charge in [0.25, 0.3) is 0 Å². The molecule has 0 saturated carbocycles. The minimum atomic E-state index is -0.225. The van der Waals surface area contributed by atoms with E-state index in [1.54, 1.807) is 12.1 Å². The smallest absolute Gasteiger partial charge is 0.137 e. The van der Waals surface area contributed by atoms with Crippen molar-refractivity contribution >= 4 is 15.9 Å². The Hall–Kier alpha value is -1.19. The van der Waals surface area contributed by atoms with Gasteiger partial charge in [-0.25, -0.2) is 4.39 Å². The summed E-state index contributed by atoms with van der Waals surface area (Å²) in [4.78, 5) is 0. The van der Waals surface area contributed by atoms with E-state index < -0.39 is 0 Å². The maximum atomic E-state index is 13.8. The quantitative estimate of drug-likeness (QED) is 0.798. The molecule has 0 aliphatic carbocycles. The molecule has 0 heterocycles. The number of benzene rings is 2. The van der Waals surface area contributed by atoms with Crippen LogP contribution in [-0.4, -0.2) is 7.05 Å². The Bertz CT molecular complexity index is 625. The molecular formula is C18H21BrFN. The van der Waals surface area contributed by atoms with Crippen LogP contribution in [0.2, 0.25) is 0 Å². The first-order valence-corrected chi connectivity index (χ1v) is 8.13. The van der Waals surface area contributed by atoms with Gasteiger partial charge in [0.1, 0.15) is 5.82 Å². The lowest BCUT2D eigenvalue weighted by Gasteiger charge is -2.21. The van der Waals surface area contributed by atoms with Gasteiger partial charge in [-0.05, 0) is 70.2 Å². The highest BCUT2D eigenvalue weighted by Crippen LogP contribution is 2.29. The lowest BCUT2D eigenvalue weighted by molar-refractivity contribution is 0.609. The van der Waals surface area contributed by atoms with E-state index in [9.17, 15) is 4.39 Å². The predicted octanol–water partition coefficient (Wildman–Crippen LogP) is 5.02. The van der Waals surface area contributed by atoms with Crippen molar-refractivity contribution in [2.75, 3.05) is 7.05 Å². The van der Waals surface area contributed by atoms with Crippen LogP contribution in [0.15, 0.2) is 40.9 Å². The monoisotopic (exact) mass is 349 g/mol. The van der Waals surface area contributed by atoms with E-state index in [1.165, 1.54) is 16.7 Å². The summed E-state index contributed by atoms with van der Waals surface area (Å²) < 4.78 is 14.3. The molecule has 1 N–H and O–H groups in total. The largest absolute Gasteiger partial charge is 0.309 e. The molecule has 3 heteroatoms. The highest BCUT2D eigenvalue weighted by molar-refractivity contribution is 9.10. The summed E-state index contributed by atoms with van der Waals surface area (Å²) in [5.41, 5.74) is 4.79. The first-order chi connectivity index (χ1) is 10.1. The van der Waals surface area contributed by atoms with Crippen LogP contribution in [0.3, 0.4) is 0 Å². The molecule has 0 radical (unpaired) electrons. The molecule has 1 nitrogen and oxygen atoms in total. The van der Waals surface area contributed by atoms with Crippen LogP contribution in [-0.2, 0) is 12.8 Å². The number of rotatable bonds is 5. The van der Waals surface area contributed by atoms with Crippen molar-refractivity contribution in [3.8, 4) is 0 Å². The van der Waals surface area contributed by atoms with E-state index in [-0.39, 0.29) is 11.9 Å². The minimum Gasteiger partial charge on any atom is -0.309 e. The van der Waals surface area contributed by atoms with Crippen LogP contribution < -0.4 is 5.32 Å². The minimum absolute atomic E-state index is 0.00838. The summed E-state index contributed by atoms with van der Waals surface area (Å²) in [7, 11) is 1.92. The Kier molecular flexibility index (Phi) is 5.54. The lowest BCUT2D eigenvalue weighted by Crippen LogP contribution is -2.19. The Morgan fingerprint density at radius 2 is 1.86 bits per heavy atom. The van der Waals surface area contributed by atoms with Crippen molar-refractivity contribution in [2.24, 2.45) is 0 Å². The van der Waals surface area contributed by atoms with Crippen LogP contribution in [0.4, 0.5) is 4.39 Å². The molecule has 0 amide bonds. The van der Waals surface area contributed by atoms with Gasteiger partial charge in [0.15, 0.2) is 0 Å². The van der Waals surface area contributed by atoms with Crippen molar-refractivity contribution in [2.45, 2.75) is 32.7 Å². The molecule has 1 atom stereocenters. The van der Waals surface area contributed by atoms with Crippen molar-refractivity contribution in [1.29, 1.82) is 0 Å². The predicted molar refractivity (Wildman–Crippen MR) is 90.2 cm³/mol. The fourth-order valence-electron chi connectivity index (χ4n) is 2.65. The second-order valence-electron chi connectivity index (χ2n) is 5.14. The number of hydrogen-bond donors (Lipinski definition) is 1. The molecule has 1 unspecified atom stereocenters. The average Bonchev–Trinajstić information content (AvgIpc) is 2.51. The number of halogens is 2. The fourth-order valence-corrected chi connectivity index (χ4v) is 2.90. The van der Waals surface area contributed by atoms with Crippen LogP contribution >= 0.6 is 15.9 Å². The Morgan fingerprint density at radius 1 is 1.10 bits per heavy atom. The standard InChI is InChI=1S/C18H21BrFN/c1-4-12-6-7-13(5-2)15(10-12)18(21-3)14-8-9-16(19)17(20)11-14/h6-11,18,21H,4-5H2,1-3H3. The third kappa shape index (κ3) is 3.53. The molecule has 2 rings (SSSR count). The second-order valence-corrected chi connectivity index (χ2v) is 5.99. The maximum absolute atomic E-state index is 13.8. The molecule has 0 saturated heterocycles. The zero-order chi connectivity index (χ0) is 15.4. The normalized spacial score (nSPS) is 12.4. The SMILES string of the molecule is CCc1ccc(CC)c(C(NC)c2ccc(Br)c(F)c2)c1. The summed E-state index contributed by atoms with van der Waals surface area (Å²) in [5, 5.41) is 3.33. The number of aryl methyl sites for hydroxylation is 2. The van der Waals surface area contributed by atoms with Gasteiger partial charge in [-0.15, -0.1) is 0 Å². The summed E-state index contributed by atoms with van der Waals surface area (Å²) in [6.45, 7) is 4.30. The van der Waals surface area contributed by atoms with E-state index in [0.29, 0.717) is 4.47 Å². The van der Waals surface area contributed by atoms with Crippen LogP contribution in [0.1, 0.15) is 42.1 Å². The summed E-state index contributed by atoms with van der Waals surface area (Å²) in [6.07, 6.45) is 1.97. The summed E-state index contributed by atoms with van der Waals surface area (Å²) in [6, 6.07) is 11.9. The van der Waals surface area contributed by atoms with Crippen LogP contribution in [0, 0.1) is 5.82 Å². The van der Waals surface area contributed by atoms with Gasteiger partial charge in [-0.3, -0.25) is 0 Å². The molecule has 112 valence electrons. The van der Waals surface area contributed by atoms with Crippen molar-refractivity contribution in [3.63, 3.8) is 0 Å². The molecule has 0 bridgehead atoms. The van der Waals surface area contributed by atoms with Crippen molar-refractivity contribution in [3.05, 3.63) is 68.9 Å². The Labute approximate surface area is 134 Å². The topological polar surface area (TPSA) is 12.0 Å². The fraction of sp³-hybridized carbons (Fsp3) is 0.333. The average molecular weight is 350 g/mol. The molecule has 0 aliphatic rings. The van der Waals surface area contributed by atoms with Gasteiger partial charge in [0.2, 0.25) is 0 Å². The third-order valence-electron chi connectivity index (χ3n) is 3.88.